The third-order valence-corrected chi connectivity index (χ3v) is 6.59. The maximum atomic E-state index is 13.3. The number of benzene rings is 2. The molecule has 2 saturated heterocycles. The molecule has 0 aromatic heterocycles. The second-order valence-corrected chi connectivity index (χ2v) is 8.22. The fourth-order valence-corrected chi connectivity index (χ4v) is 5.37. The second-order valence-electron chi connectivity index (χ2n) is 8.22. The standard InChI is InChI=1S/C24H30N2O2/c27-16-14-25-23(28)24(17-20-9-5-2-6-10-20)18-21-11-12-22(24)26(21)15-13-19-7-3-1-4-8-19/h1-10,21-22,27H,11-18H2,(H,25,28)/t21-,22+,24+/m0/s1. The summed E-state index contributed by atoms with van der Waals surface area (Å²) in [6.45, 7) is 1.32. The van der Waals surface area contributed by atoms with E-state index in [0.29, 0.717) is 12.6 Å². The van der Waals surface area contributed by atoms with E-state index >= 15 is 0 Å². The molecule has 1 amide bonds. The predicted molar refractivity (Wildman–Crippen MR) is 111 cm³/mol. The third kappa shape index (κ3) is 3.71. The van der Waals surface area contributed by atoms with Crippen molar-refractivity contribution in [1.82, 2.24) is 10.2 Å². The van der Waals surface area contributed by atoms with Gasteiger partial charge in [-0.15, -0.1) is 0 Å². The number of nitrogens with zero attached hydrogens (tertiary/aromatic N) is 1. The molecule has 0 aliphatic carbocycles. The Morgan fingerprint density at radius 3 is 2.39 bits per heavy atom. The van der Waals surface area contributed by atoms with E-state index in [4.69, 9.17) is 0 Å². The van der Waals surface area contributed by atoms with Crippen LogP contribution in [0.4, 0.5) is 0 Å². The first kappa shape index (κ1) is 19.2. The summed E-state index contributed by atoms with van der Waals surface area (Å²) in [7, 11) is 0. The number of rotatable bonds is 8. The number of aliphatic hydroxyl groups excluding tert-OH is 1. The van der Waals surface area contributed by atoms with Crippen molar-refractivity contribution in [2.45, 2.75) is 44.2 Å². The Balaban J connectivity index is 1.55. The van der Waals surface area contributed by atoms with Crippen LogP contribution >= 0.6 is 0 Å². The number of fused-ring (bicyclic) bond motifs is 2. The van der Waals surface area contributed by atoms with Crippen LogP contribution in [0, 0.1) is 5.41 Å². The lowest BCUT2D eigenvalue weighted by molar-refractivity contribution is -0.133. The molecule has 0 saturated carbocycles. The molecular weight excluding hydrogens is 348 g/mol. The topological polar surface area (TPSA) is 52.6 Å². The molecule has 4 rings (SSSR count). The molecule has 2 aliphatic heterocycles. The van der Waals surface area contributed by atoms with Gasteiger partial charge in [0.15, 0.2) is 0 Å². The summed E-state index contributed by atoms with van der Waals surface area (Å²) in [5.41, 5.74) is 2.18. The normalized spacial score (nSPS) is 26.5. The van der Waals surface area contributed by atoms with Crippen molar-refractivity contribution in [3.8, 4) is 0 Å². The molecule has 2 aromatic carbocycles. The maximum absolute atomic E-state index is 13.3. The Morgan fingerprint density at radius 1 is 1.04 bits per heavy atom. The minimum atomic E-state index is -0.393. The lowest BCUT2D eigenvalue weighted by Crippen LogP contribution is -2.51. The van der Waals surface area contributed by atoms with Crippen molar-refractivity contribution in [1.29, 1.82) is 0 Å². The molecule has 4 nitrogen and oxygen atoms in total. The van der Waals surface area contributed by atoms with Crippen molar-refractivity contribution in [2.24, 2.45) is 5.41 Å². The molecular formula is C24H30N2O2. The van der Waals surface area contributed by atoms with Gasteiger partial charge in [0.1, 0.15) is 0 Å². The van der Waals surface area contributed by atoms with Gasteiger partial charge in [-0.25, -0.2) is 0 Å². The Kier molecular flexibility index (Phi) is 5.79. The minimum Gasteiger partial charge on any atom is -0.395 e. The fraction of sp³-hybridized carbons (Fsp3) is 0.458. The molecule has 2 aliphatic rings. The van der Waals surface area contributed by atoms with Crippen LogP contribution in [0.2, 0.25) is 0 Å². The van der Waals surface area contributed by atoms with E-state index in [1.165, 1.54) is 17.5 Å². The van der Waals surface area contributed by atoms with Crippen molar-refractivity contribution in [3.05, 3.63) is 71.8 Å². The van der Waals surface area contributed by atoms with Gasteiger partial charge in [0.2, 0.25) is 5.91 Å². The number of hydrogen-bond donors (Lipinski definition) is 2. The van der Waals surface area contributed by atoms with Crippen LogP contribution in [0.15, 0.2) is 60.7 Å². The molecule has 2 heterocycles. The van der Waals surface area contributed by atoms with E-state index in [9.17, 15) is 9.90 Å². The summed E-state index contributed by atoms with van der Waals surface area (Å²) in [5, 5.41) is 12.2. The number of carbonyl (C=O) groups is 1. The highest BCUT2D eigenvalue weighted by Gasteiger charge is 2.59. The van der Waals surface area contributed by atoms with Gasteiger partial charge in [-0.05, 0) is 43.2 Å². The zero-order valence-corrected chi connectivity index (χ0v) is 16.4. The Labute approximate surface area is 167 Å². The summed E-state index contributed by atoms with van der Waals surface area (Å²) in [6.07, 6.45) is 4.97. The quantitative estimate of drug-likeness (QED) is 0.743. The van der Waals surface area contributed by atoms with Crippen LogP contribution in [0.25, 0.3) is 0 Å². The van der Waals surface area contributed by atoms with Crippen LogP contribution in [0.5, 0.6) is 0 Å². The van der Waals surface area contributed by atoms with Crippen molar-refractivity contribution >= 4 is 5.91 Å². The highest BCUT2D eigenvalue weighted by Crippen LogP contribution is 2.51. The lowest BCUT2D eigenvalue weighted by atomic mass is 9.69. The van der Waals surface area contributed by atoms with E-state index < -0.39 is 5.41 Å². The Bertz CT molecular complexity index is 780. The van der Waals surface area contributed by atoms with Gasteiger partial charge in [0.25, 0.3) is 0 Å². The molecule has 0 radical (unpaired) electrons. The van der Waals surface area contributed by atoms with Gasteiger partial charge in [-0.1, -0.05) is 60.7 Å². The summed E-state index contributed by atoms with van der Waals surface area (Å²) in [4.78, 5) is 15.9. The lowest BCUT2D eigenvalue weighted by Gasteiger charge is -2.36. The van der Waals surface area contributed by atoms with E-state index in [1.54, 1.807) is 0 Å². The summed E-state index contributed by atoms with van der Waals surface area (Å²) in [6, 6.07) is 21.7. The highest BCUT2D eigenvalue weighted by atomic mass is 16.3. The highest BCUT2D eigenvalue weighted by molar-refractivity contribution is 5.84. The Hall–Kier alpha value is -2.17. The minimum absolute atomic E-state index is 0.0149. The summed E-state index contributed by atoms with van der Waals surface area (Å²) < 4.78 is 0. The van der Waals surface area contributed by atoms with Crippen LogP contribution in [-0.2, 0) is 17.6 Å². The zero-order chi connectivity index (χ0) is 19.4. The molecule has 4 heteroatoms. The van der Waals surface area contributed by atoms with Gasteiger partial charge < -0.3 is 10.4 Å². The van der Waals surface area contributed by atoms with E-state index in [0.717, 1.165) is 32.2 Å². The summed E-state index contributed by atoms with van der Waals surface area (Å²) >= 11 is 0. The molecule has 2 N–H and O–H groups in total. The molecule has 0 spiro atoms. The number of carbonyl (C=O) groups excluding carboxylic acids is 1. The average Bonchev–Trinajstić information content (AvgIpc) is 3.27. The number of aliphatic hydroxyl groups is 1. The molecule has 2 fully saturated rings. The molecule has 3 atom stereocenters. The van der Waals surface area contributed by atoms with Gasteiger partial charge in [-0.3, -0.25) is 9.69 Å². The zero-order valence-electron chi connectivity index (χ0n) is 16.4. The predicted octanol–water partition coefficient (Wildman–Crippen LogP) is 2.80. The number of amides is 1. The monoisotopic (exact) mass is 378 g/mol. The summed E-state index contributed by atoms with van der Waals surface area (Å²) in [5.74, 6) is 0.113. The van der Waals surface area contributed by atoms with Crippen LogP contribution in [0.1, 0.15) is 30.4 Å². The van der Waals surface area contributed by atoms with E-state index in [-0.39, 0.29) is 18.6 Å². The average molecular weight is 379 g/mol. The van der Waals surface area contributed by atoms with Crippen LogP contribution in [0.3, 0.4) is 0 Å². The molecule has 148 valence electrons. The first-order chi connectivity index (χ1) is 13.7. The maximum Gasteiger partial charge on any atom is 0.228 e. The Morgan fingerprint density at radius 2 is 1.71 bits per heavy atom. The molecule has 0 unspecified atom stereocenters. The molecule has 2 aromatic rings. The second kappa shape index (κ2) is 8.46. The first-order valence-corrected chi connectivity index (χ1v) is 10.5. The molecule has 28 heavy (non-hydrogen) atoms. The largest absolute Gasteiger partial charge is 0.395 e. The SMILES string of the molecule is O=C(NCCO)[C@]1(Cc2ccccc2)C[C@@H]2CC[C@H]1N2CCc1ccccc1. The van der Waals surface area contributed by atoms with Crippen molar-refractivity contribution in [2.75, 3.05) is 19.7 Å². The fourth-order valence-electron chi connectivity index (χ4n) is 5.37. The van der Waals surface area contributed by atoms with E-state index in [1.807, 2.05) is 6.07 Å². The van der Waals surface area contributed by atoms with Crippen LogP contribution < -0.4 is 5.32 Å². The first-order valence-electron chi connectivity index (χ1n) is 10.5. The van der Waals surface area contributed by atoms with Gasteiger partial charge in [0.05, 0.1) is 12.0 Å². The smallest absolute Gasteiger partial charge is 0.228 e. The molecule has 2 bridgehead atoms. The van der Waals surface area contributed by atoms with Crippen LogP contribution in [-0.4, -0.2) is 47.7 Å². The number of hydrogen-bond acceptors (Lipinski definition) is 3. The van der Waals surface area contributed by atoms with Crippen molar-refractivity contribution < 1.29 is 9.90 Å². The van der Waals surface area contributed by atoms with Crippen molar-refractivity contribution in [3.63, 3.8) is 0 Å². The number of nitrogens with one attached hydrogen (secondary N) is 1. The third-order valence-electron chi connectivity index (χ3n) is 6.59. The van der Waals surface area contributed by atoms with Gasteiger partial charge in [-0.2, -0.15) is 0 Å². The van der Waals surface area contributed by atoms with Gasteiger partial charge in [0, 0.05) is 25.2 Å². The van der Waals surface area contributed by atoms with Gasteiger partial charge >= 0.3 is 0 Å². The van der Waals surface area contributed by atoms with E-state index in [2.05, 4.69) is 64.8 Å².